The molecular formula is C13H20N4O2. The van der Waals surface area contributed by atoms with Crippen LogP contribution in [0.5, 0.6) is 0 Å². The summed E-state index contributed by atoms with van der Waals surface area (Å²) in [5, 5.41) is 22.2. The van der Waals surface area contributed by atoms with E-state index in [2.05, 4.69) is 15.3 Å². The highest BCUT2D eigenvalue weighted by Crippen LogP contribution is 2.28. The van der Waals surface area contributed by atoms with Crippen LogP contribution in [-0.4, -0.2) is 44.5 Å². The maximum Gasteiger partial charge on any atom is 0.146 e. The summed E-state index contributed by atoms with van der Waals surface area (Å²) >= 11 is 0. The van der Waals surface area contributed by atoms with Gasteiger partial charge >= 0.3 is 0 Å². The monoisotopic (exact) mass is 264 g/mol. The maximum atomic E-state index is 9.15. The quantitative estimate of drug-likeness (QED) is 0.673. The standard InChI is InChI=1S/C13H20N4O2/c1-9-10(2)17(5-7-19)13-11(9)12(15-8-16-13)14-4-3-6-18/h8,18-19H,3-7H2,1-2H3,(H,14,15,16). The van der Waals surface area contributed by atoms with Crippen LogP contribution in [0.4, 0.5) is 5.82 Å². The molecule has 0 aliphatic heterocycles. The van der Waals surface area contributed by atoms with Gasteiger partial charge in [-0.05, 0) is 25.8 Å². The minimum Gasteiger partial charge on any atom is -0.396 e. The van der Waals surface area contributed by atoms with E-state index in [0.717, 1.165) is 28.1 Å². The number of aliphatic hydroxyl groups excluding tert-OH is 2. The summed E-state index contributed by atoms with van der Waals surface area (Å²) < 4.78 is 2.00. The Morgan fingerprint density at radius 2 is 2.00 bits per heavy atom. The van der Waals surface area contributed by atoms with Crippen molar-refractivity contribution < 1.29 is 10.2 Å². The molecule has 0 aliphatic rings. The fraction of sp³-hybridized carbons (Fsp3) is 0.538. The number of nitrogens with one attached hydrogen (secondary N) is 1. The van der Waals surface area contributed by atoms with Crippen molar-refractivity contribution in [1.29, 1.82) is 0 Å². The molecule has 0 bridgehead atoms. The van der Waals surface area contributed by atoms with Crippen molar-refractivity contribution in [1.82, 2.24) is 14.5 Å². The first-order chi connectivity index (χ1) is 9.20. The maximum absolute atomic E-state index is 9.15. The molecule has 0 aliphatic carbocycles. The van der Waals surface area contributed by atoms with E-state index < -0.39 is 0 Å². The van der Waals surface area contributed by atoms with E-state index in [1.165, 1.54) is 6.33 Å². The number of fused-ring (bicyclic) bond motifs is 1. The molecule has 0 aromatic carbocycles. The predicted molar refractivity (Wildman–Crippen MR) is 74.3 cm³/mol. The van der Waals surface area contributed by atoms with Crippen molar-refractivity contribution in [2.24, 2.45) is 0 Å². The molecule has 0 unspecified atom stereocenters. The van der Waals surface area contributed by atoms with E-state index in [0.29, 0.717) is 19.5 Å². The van der Waals surface area contributed by atoms with Gasteiger partial charge in [-0.1, -0.05) is 0 Å². The predicted octanol–water partition coefficient (Wildman–Crippen LogP) is 0.835. The third-order valence-corrected chi connectivity index (χ3v) is 3.36. The zero-order valence-electron chi connectivity index (χ0n) is 11.3. The second-order valence-electron chi connectivity index (χ2n) is 4.51. The number of anilines is 1. The van der Waals surface area contributed by atoms with Crippen LogP contribution in [-0.2, 0) is 6.54 Å². The highest BCUT2D eigenvalue weighted by atomic mass is 16.3. The molecule has 0 saturated heterocycles. The Morgan fingerprint density at radius 1 is 1.21 bits per heavy atom. The molecule has 0 saturated carbocycles. The number of hydrogen-bond donors (Lipinski definition) is 3. The lowest BCUT2D eigenvalue weighted by molar-refractivity contribution is 0.276. The first-order valence-corrected chi connectivity index (χ1v) is 6.46. The average Bonchev–Trinajstić information content (AvgIpc) is 2.66. The molecule has 6 heteroatoms. The summed E-state index contributed by atoms with van der Waals surface area (Å²) in [5.74, 6) is 0.788. The third kappa shape index (κ3) is 2.54. The van der Waals surface area contributed by atoms with Crippen LogP contribution in [0.2, 0.25) is 0 Å². The van der Waals surface area contributed by atoms with Gasteiger partial charge in [-0.15, -0.1) is 0 Å². The van der Waals surface area contributed by atoms with E-state index in [1.807, 2.05) is 18.4 Å². The van der Waals surface area contributed by atoms with Gasteiger partial charge in [0.15, 0.2) is 0 Å². The number of hydrogen-bond acceptors (Lipinski definition) is 5. The molecule has 6 nitrogen and oxygen atoms in total. The third-order valence-electron chi connectivity index (χ3n) is 3.36. The second kappa shape index (κ2) is 5.99. The number of aromatic nitrogens is 3. The molecule has 0 atom stereocenters. The second-order valence-corrected chi connectivity index (χ2v) is 4.51. The molecule has 3 N–H and O–H groups in total. The van der Waals surface area contributed by atoms with E-state index in [-0.39, 0.29) is 13.2 Å². The SMILES string of the molecule is Cc1c(C)n(CCO)c2ncnc(NCCCO)c12. The van der Waals surface area contributed by atoms with Gasteiger partial charge < -0.3 is 20.1 Å². The molecule has 2 rings (SSSR count). The molecule has 19 heavy (non-hydrogen) atoms. The molecule has 2 aromatic heterocycles. The Bertz CT molecular complexity index is 565. The average molecular weight is 264 g/mol. The van der Waals surface area contributed by atoms with Crippen molar-refractivity contribution in [2.45, 2.75) is 26.8 Å². The Labute approximate surface area is 112 Å². The van der Waals surface area contributed by atoms with Crippen molar-refractivity contribution in [2.75, 3.05) is 25.1 Å². The Balaban J connectivity index is 2.46. The largest absolute Gasteiger partial charge is 0.396 e. The van der Waals surface area contributed by atoms with Crippen LogP contribution in [0, 0.1) is 13.8 Å². The number of nitrogens with zero attached hydrogens (tertiary/aromatic N) is 3. The van der Waals surface area contributed by atoms with Crippen LogP contribution < -0.4 is 5.32 Å². The van der Waals surface area contributed by atoms with Crippen molar-refractivity contribution in [3.63, 3.8) is 0 Å². The molecule has 2 aromatic rings. The van der Waals surface area contributed by atoms with Gasteiger partial charge in [-0.2, -0.15) is 0 Å². The molecule has 2 heterocycles. The van der Waals surface area contributed by atoms with Crippen molar-refractivity contribution in [3.05, 3.63) is 17.6 Å². The summed E-state index contributed by atoms with van der Waals surface area (Å²) in [6.45, 7) is 5.50. The molecule has 0 amide bonds. The van der Waals surface area contributed by atoms with Gasteiger partial charge in [-0.3, -0.25) is 0 Å². The lowest BCUT2D eigenvalue weighted by Gasteiger charge is -2.07. The lowest BCUT2D eigenvalue weighted by Crippen LogP contribution is -2.07. The fourth-order valence-electron chi connectivity index (χ4n) is 2.26. The van der Waals surface area contributed by atoms with Crippen LogP contribution in [0.1, 0.15) is 17.7 Å². The number of aryl methyl sites for hydroxylation is 1. The zero-order valence-corrected chi connectivity index (χ0v) is 11.3. The van der Waals surface area contributed by atoms with E-state index in [1.54, 1.807) is 0 Å². The summed E-state index contributed by atoms with van der Waals surface area (Å²) in [6, 6.07) is 0. The van der Waals surface area contributed by atoms with Gasteiger partial charge in [0.05, 0.1) is 12.0 Å². The zero-order chi connectivity index (χ0) is 13.8. The first kappa shape index (κ1) is 13.8. The van der Waals surface area contributed by atoms with Gasteiger partial charge in [0, 0.05) is 25.4 Å². The molecule has 0 spiro atoms. The topological polar surface area (TPSA) is 83.2 Å². The number of aliphatic hydroxyl groups is 2. The Hall–Kier alpha value is -1.66. The Kier molecular flexibility index (Phi) is 4.34. The van der Waals surface area contributed by atoms with Crippen LogP contribution in [0.15, 0.2) is 6.33 Å². The van der Waals surface area contributed by atoms with Gasteiger partial charge in [-0.25, -0.2) is 9.97 Å². The molecule has 104 valence electrons. The van der Waals surface area contributed by atoms with E-state index in [9.17, 15) is 0 Å². The lowest BCUT2D eigenvalue weighted by atomic mass is 10.2. The smallest absolute Gasteiger partial charge is 0.146 e. The van der Waals surface area contributed by atoms with Gasteiger partial charge in [0.2, 0.25) is 0 Å². The van der Waals surface area contributed by atoms with Crippen LogP contribution in [0.25, 0.3) is 11.0 Å². The molecule has 0 fully saturated rings. The van der Waals surface area contributed by atoms with Crippen molar-refractivity contribution in [3.8, 4) is 0 Å². The van der Waals surface area contributed by atoms with Gasteiger partial charge in [0.1, 0.15) is 17.8 Å². The number of rotatable bonds is 6. The molecule has 0 radical (unpaired) electrons. The molecular weight excluding hydrogens is 244 g/mol. The Morgan fingerprint density at radius 3 is 2.68 bits per heavy atom. The highest BCUT2D eigenvalue weighted by molar-refractivity contribution is 5.91. The first-order valence-electron chi connectivity index (χ1n) is 6.46. The van der Waals surface area contributed by atoms with Crippen LogP contribution in [0.3, 0.4) is 0 Å². The van der Waals surface area contributed by atoms with E-state index >= 15 is 0 Å². The summed E-state index contributed by atoms with van der Waals surface area (Å²) in [6.07, 6.45) is 2.21. The van der Waals surface area contributed by atoms with Gasteiger partial charge in [0.25, 0.3) is 0 Å². The van der Waals surface area contributed by atoms with Crippen LogP contribution >= 0.6 is 0 Å². The summed E-state index contributed by atoms with van der Waals surface area (Å²) in [4.78, 5) is 8.60. The summed E-state index contributed by atoms with van der Waals surface area (Å²) in [5.41, 5.74) is 3.05. The minimum atomic E-state index is 0.0847. The fourth-order valence-corrected chi connectivity index (χ4v) is 2.26. The minimum absolute atomic E-state index is 0.0847. The van der Waals surface area contributed by atoms with Crippen molar-refractivity contribution >= 4 is 16.9 Å². The summed E-state index contributed by atoms with van der Waals surface area (Å²) in [7, 11) is 0. The highest BCUT2D eigenvalue weighted by Gasteiger charge is 2.15. The van der Waals surface area contributed by atoms with E-state index in [4.69, 9.17) is 10.2 Å². The normalized spacial score (nSPS) is 11.2.